The zero-order chi connectivity index (χ0) is 23.0. The van der Waals surface area contributed by atoms with Crippen molar-refractivity contribution in [3.63, 3.8) is 0 Å². The third-order valence-corrected chi connectivity index (χ3v) is 5.25. The number of carbonyl (C=O) groups excluding carboxylic acids is 1. The molecular weight excluding hydrogens is 418 g/mol. The molecule has 8 nitrogen and oxygen atoms in total. The number of rotatable bonds is 5. The Morgan fingerprint density at radius 3 is 2.76 bits per heavy atom. The average molecular weight is 444 g/mol. The number of allylic oxidation sites excluding steroid dienone is 1. The van der Waals surface area contributed by atoms with Crippen molar-refractivity contribution in [1.82, 2.24) is 15.2 Å². The molecule has 3 heterocycles. The number of aliphatic imine (C=N–C) groups is 1. The molecule has 1 unspecified atom stereocenters. The molecule has 8 heteroatoms. The molecule has 1 saturated heterocycles. The Kier molecular flexibility index (Phi) is 7.12. The molecule has 0 bridgehead atoms. The van der Waals surface area contributed by atoms with E-state index in [0.717, 1.165) is 11.1 Å². The summed E-state index contributed by atoms with van der Waals surface area (Å²) in [5.74, 6) is 7.46. The van der Waals surface area contributed by atoms with E-state index in [4.69, 9.17) is 14.9 Å². The van der Waals surface area contributed by atoms with E-state index in [2.05, 4.69) is 27.1 Å². The van der Waals surface area contributed by atoms with Crippen molar-refractivity contribution in [1.29, 1.82) is 5.41 Å². The maximum absolute atomic E-state index is 12.5. The van der Waals surface area contributed by atoms with Gasteiger partial charge < -0.3 is 25.1 Å². The lowest BCUT2D eigenvalue weighted by atomic mass is 10.1. The van der Waals surface area contributed by atoms with E-state index < -0.39 is 0 Å². The molecule has 0 radical (unpaired) electrons. The van der Waals surface area contributed by atoms with Crippen LogP contribution in [-0.4, -0.2) is 73.3 Å². The molecule has 168 valence electrons. The molecule has 1 aromatic heterocycles. The van der Waals surface area contributed by atoms with Gasteiger partial charge in [0.1, 0.15) is 11.9 Å². The SMILES string of the molecule is COc1cc(C#CC2CN=C(/C=C\C(=N)c3ccc(C(=O)N4CCOCC4)cc3)N2)ccn1. The summed E-state index contributed by atoms with van der Waals surface area (Å²) in [5.41, 5.74) is 2.51. The molecule has 1 amide bonds. The summed E-state index contributed by atoms with van der Waals surface area (Å²) >= 11 is 0. The minimum absolute atomic E-state index is 0.00575. The fourth-order valence-corrected chi connectivity index (χ4v) is 3.41. The number of hydrogen-bond donors (Lipinski definition) is 2. The minimum Gasteiger partial charge on any atom is -0.481 e. The van der Waals surface area contributed by atoms with Gasteiger partial charge in [0.25, 0.3) is 5.91 Å². The van der Waals surface area contributed by atoms with E-state index in [9.17, 15) is 4.79 Å². The fourth-order valence-electron chi connectivity index (χ4n) is 3.41. The van der Waals surface area contributed by atoms with Crippen molar-refractivity contribution < 1.29 is 14.3 Å². The highest BCUT2D eigenvalue weighted by atomic mass is 16.5. The first-order valence-electron chi connectivity index (χ1n) is 10.7. The Bertz CT molecular complexity index is 1140. The van der Waals surface area contributed by atoms with Crippen LogP contribution in [-0.2, 0) is 4.74 Å². The van der Waals surface area contributed by atoms with Crippen molar-refractivity contribution in [2.45, 2.75) is 6.04 Å². The van der Waals surface area contributed by atoms with Gasteiger partial charge in [-0.1, -0.05) is 24.0 Å². The van der Waals surface area contributed by atoms with E-state index in [-0.39, 0.29) is 11.9 Å². The van der Waals surface area contributed by atoms with Crippen LogP contribution in [0, 0.1) is 17.3 Å². The molecule has 1 atom stereocenters. The average Bonchev–Trinajstić information content (AvgIpc) is 3.34. The zero-order valence-corrected chi connectivity index (χ0v) is 18.4. The highest BCUT2D eigenvalue weighted by Gasteiger charge is 2.18. The molecule has 1 aromatic carbocycles. The van der Waals surface area contributed by atoms with Crippen LogP contribution in [0.3, 0.4) is 0 Å². The first-order chi connectivity index (χ1) is 16.1. The van der Waals surface area contributed by atoms with Gasteiger partial charge in [-0.25, -0.2) is 4.98 Å². The largest absolute Gasteiger partial charge is 0.481 e. The molecule has 0 spiro atoms. The summed E-state index contributed by atoms with van der Waals surface area (Å²) in [7, 11) is 1.57. The Balaban J connectivity index is 1.31. The smallest absolute Gasteiger partial charge is 0.254 e. The molecule has 0 saturated carbocycles. The van der Waals surface area contributed by atoms with Crippen LogP contribution in [0.25, 0.3) is 0 Å². The first-order valence-corrected chi connectivity index (χ1v) is 10.7. The molecule has 2 aromatic rings. The summed E-state index contributed by atoms with van der Waals surface area (Å²) in [4.78, 5) is 22.8. The number of pyridine rings is 1. The number of morpholine rings is 1. The maximum atomic E-state index is 12.5. The number of benzene rings is 1. The van der Waals surface area contributed by atoms with Crippen LogP contribution in [0.4, 0.5) is 0 Å². The molecule has 2 aliphatic rings. The van der Waals surface area contributed by atoms with Crippen LogP contribution >= 0.6 is 0 Å². The molecule has 0 aliphatic carbocycles. The lowest BCUT2D eigenvalue weighted by Crippen LogP contribution is -2.40. The lowest BCUT2D eigenvalue weighted by Gasteiger charge is -2.26. The summed E-state index contributed by atoms with van der Waals surface area (Å²) in [5, 5.41) is 11.6. The van der Waals surface area contributed by atoms with Crippen molar-refractivity contribution in [2.24, 2.45) is 4.99 Å². The molecule has 2 aliphatic heterocycles. The number of aromatic nitrogens is 1. The second-order valence-electron chi connectivity index (χ2n) is 7.51. The quantitative estimate of drug-likeness (QED) is 0.543. The first kappa shape index (κ1) is 22.2. The van der Waals surface area contributed by atoms with Crippen LogP contribution in [0.5, 0.6) is 5.88 Å². The van der Waals surface area contributed by atoms with Gasteiger partial charge in [-0.05, 0) is 35.9 Å². The number of amidine groups is 1. The highest BCUT2D eigenvalue weighted by Crippen LogP contribution is 2.11. The summed E-state index contributed by atoms with van der Waals surface area (Å²) < 4.78 is 10.4. The number of hydrogen-bond acceptors (Lipinski definition) is 7. The summed E-state index contributed by atoms with van der Waals surface area (Å²) in [6.07, 6.45) is 5.12. The van der Waals surface area contributed by atoms with Crippen molar-refractivity contribution in [3.8, 4) is 17.7 Å². The van der Waals surface area contributed by atoms with E-state index in [1.807, 2.05) is 6.07 Å². The van der Waals surface area contributed by atoms with Crippen molar-refractivity contribution in [2.75, 3.05) is 40.0 Å². The lowest BCUT2D eigenvalue weighted by molar-refractivity contribution is 0.0303. The number of methoxy groups -OCH3 is 1. The number of amides is 1. The second-order valence-corrected chi connectivity index (χ2v) is 7.51. The van der Waals surface area contributed by atoms with Crippen LogP contribution in [0.2, 0.25) is 0 Å². The maximum Gasteiger partial charge on any atom is 0.254 e. The van der Waals surface area contributed by atoms with E-state index in [1.54, 1.807) is 60.7 Å². The van der Waals surface area contributed by atoms with Crippen molar-refractivity contribution in [3.05, 3.63) is 71.4 Å². The number of nitrogens with zero attached hydrogens (tertiary/aromatic N) is 3. The Hall–Kier alpha value is -3.96. The topological polar surface area (TPSA) is 99.9 Å². The van der Waals surface area contributed by atoms with E-state index >= 15 is 0 Å². The predicted octanol–water partition coefficient (Wildman–Crippen LogP) is 1.91. The Morgan fingerprint density at radius 2 is 2.00 bits per heavy atom. The predicted molar refractivity (Wildman–Crippen MR) is 126 cm³/mol. The van der Waals surface area contributed by atoms with E-state index in [0.29, 0.717) is 55.8 Å². The number of ether oxygens (including phenoxy) is 2. The van der Waals surface area contributed by atoms with Gasteiger partial charge in [-0.15, -0.1) is 0 Å². The van der Waals surface area contributed by atoms with Crippen LogP contribution in [0.15, 0.2) is 59.7 Å². The normalized spacial score (nSPS) is 17.7. The Labute approximate surface area is 192 Å². The van der Waals surface area contributed by atoms with Gasteiger partial charge in [0, 0.05) is 36.5 Å². The minimum atomic E-state index is -0.0940. The van der Waals surface area contributed by atoms with Gasteiger partial charge in [-0.3, -0.25) is 9.79 Å². The third-order valence-electron chi connectivity index (χ3n) is 5.25. The number of nitrogens with one attached hydrogen (secondary N) is 2. The van der Waals surface area contributed by atoms with E-state index in [1.165, 1.54) is 0 Å². The van der Waals surface area contributed by atoms with Crippen LogP contribution in [0.1, 0.15) is 21.5 Å². The standard InChI is InChI=1S/C25H25N5O3/c1-32-24-16-18(10-11-27-24)2-7-21-17-28-23(29-21)9-8-22(26)19-3-5-20(6-4-19)25(31)30-12-14-33-15-13-30/h3-6,8-11,16,21,26H,12-15,17H2,1H3,(H,28,29)/b9-8-,26-22?. The molecule has 2 N–H and O–H groups in total. The molecule has 1 fully saturated rings. The van der Waals surface area contributed by atoms with Gasteiger partial charge in [0.2, 0.25) is 5.88 Å². The molecular formula is C25H25N5O3. The van der Waals surface area contributed by atoms with Crippen molar-refractivity contribution >= 4 is 17.5 Å². The Morgan fingerprint density at radius 1 is 1.24 bits per heavy atom. The van der Waals surface area contributed by atoms with Gasteiger partial charge in [0.05, 0.1) is 32.6 Å². The molecule has 33 heavy (non-hydrogen) atoms. The summed E-state index contributed by atoms with van der Waals surface area (Å²) in [6.45, 7) is 2.90. The second kappa shape index (κ2) is 10.6. The monoisotopic (exact) mass is 443 g/mol. The zero-order valence-electron chi connectivity index (χ0n) is 18.4. The van der Waals surface area contributed by atoms with Crippen LogP contribution < -0.4 is 10.1 Å². The molecule has 4 rings (SSSR count). The third kappa shape index (κ3) is 5.84. The highest BCUT2D eigenvalue weighted by molar-refractivity contribution is 6.10. The number of carbonyl (C=O) groups is 1. The van der Waals surface area contributed by atoms with Gasteiger partial charge in [0.15, 0.2) is 0 Å². The fraction of sp³-hybridized carbons (Fsp3) is 0.280. The summed E-state index contributed by atoms with van der Waals surface area (Å²) in [6, 6.07) is 10.6. The van der Waals surface area contributed by atoms with Gasteiger partial charge in [-0.2, -0.15) is 0 Å². The van der Waals surface area contributed by atoms with Gasteiger partial charge >= 0.3 is 0 Å².